The number of H-pyrrole nitrogens is 1. The summed E-state index contributed by atoms with van der Waals surface area (Å²) < 4.78 is 23.7. The molecule has 1 atom stereocenters. The fourth-order valence-corrected chi connectivity index (χ4v) is 3.76. The second-order valence-electron chi connectivity index (χ2n) is 8.34. The third-order valence-corrected chi connectivity index (χ3v) is 5.55. The smallest absolute Gasteiger partial charge is 0.246 e. The molecule has 0 saturated heterocycles. The molecule has 192 valence electrons. The molecule has 0 unspecified atom stereocenters. The number of aromatic amines is 1. The summed E-state index contributed by atoms with van der Waals surface area (Å²) in [5, 5.41) is 5.97. The number of nitrogens with zero attached hydrogens (tertiary/aromatic N) is 3. The number of hydrogen-bond donors (Lipinski definition) is 4. The quantitative estimate of drug-likeness (QED) is 0.257. The second-order valence-corrected chi connectivity index (χ2v) is 8.34. The van der Waals surface area contributed by atoms with Crippen LogP contribution in [0.4, 0.5) is 16.2 Å². The molecule has 0 aliphatic carbocycles. The van der Waals surface area contributed by atoms with Gasteiger partial charge in [0.2, 0.25) is 11.9 Å². The third-order valence-electron chi connectivity index (χ3n) is 5.55. The van der Waals surface area contributed by atoms with Crippen molar-refractivity contribution in [3.8, 4) is 39.5 Å². The van der Waals surface area contributed by atoms with Crippen molar-refractivity contribution in [3.05, 3.63) is 60.7 Å². The van der Waals surface area contributed by atoms with Gasteiger partial charge in [0.1, 0.15) is 12.4 Å². The Labute approximate surface area is 213 Å². The number of benzene rings is 1. The van der Waals surface area contributed by atoms with E-state index in [1.165, 1.54) is 26.4 Å². The molecule has 0 spiro atoms. The van der Waals surface area contributed by atoms with Crippen LogP contribution >= 0.6 is 0 Å². The summed E-state index contributed by atoms with van der Waals surface area (Å²) in [5.74, 6) is 0.595. The Kier molecular flexibility index (Phi) is 7.94. The van der Waals surface area contributed by atoms with Crippen LogP contribution in [0.25, 0.3) is 33.8 Å². The number of aromatic nitrogens is 4. The molecular formula is C26H28FN7O3. The molecule has 3 aromatic heterocycles. The largest absolute Gasteiger partial charge is 0.493 e. The lowest BCUT2D eigenvalue weighted by Gasteiger charge is -2.14. The predicted molar refractivity (Wildman–Crippen MR) is 139 cm³/mol. The van der Waals surface area contributed by atoms with Gasteiger partial charge in [0, 0.05) is 48.9 Å². The van der Waals surface area contributed by atoms with E-state index in [0.717, 1.165) is 22.4 Å². The molecule has 11 heteroatoms. The highest BCUT2D eigenvalue weighted by Gasteiger charge is 2.17. The van der Waals surface area contributed by atoms with E-state index in [1.807, 2.05) is 13.0 Å². The first kappa shape index (κ1) is 25.6. The zero-order valence-corrected chi connectivity index (χ0v) is 20.7. The minimum absolute atomic E-state index is 0.00685. The van der Waals surface area contributed by atoms with Gasteiger partial charge in [-0.1, -0.05) is 0 Å². The summed E-state index contributed by atoms with van der Waals surface area (Å²) in [5.41, 5.74) is 10.4. The average Bonchev–Trinajstić information content (AvgIpc) is 3.34. The maximum atomic E-state index is 13.5. The Balaban J connectivity index is 1.68. The summed E-state index contributed by atoms with van der Waals surface area (Å²) >= 11 is 0. The van der Waals surface area contributed by atoms with Gasteiger partial charge in [-0.3, -0.25) is 4.79 Å². The van der Waals surface area contributed by atoms with Gasteiger partial charge in [0.25, 0.3) is 0 Å². The van der Waals surface area contributed by atoms with E-state index in [4.69, 9.17) is 15.2 Å². The number of halogens is 1. The van der Waals surface area contributed by atoms with Crippen molar-refractivity contribution in [3.63, 3.8) is 0 Å². The average molecular weight is 506 g/mol. The Morgan fingerprint density at radius 1 is 1.14 bits per heavy atom. The van der Waals surface area contributed by atoms with Crippen molar-refractivity contribution >= 4 is 17.7 Å². The third kappa shape index (κ3) is 6.19. The Hall–Kier alpha value is -4.51. The van der Waals surface area contributed by atoms with Gasteiger partial charge in [-0.2, -0.15) is 0 Å². The summed E-state index contributed by atoms with van der Waals surface area (Å²) in [6, 6.07) is 11.6. The lowest BCUT2D eigenvalue weighted by molar-refractivity contribution is -0.125. The number of nitrogens with one attached hydrogen (secondary N) is 3. The molecule has 3 heterocycles. The van der Waals surface area contributed by atoms with Crippen LogP contribution in [0.2, 0.25) is 0 Å². The molecule has 0 radical (unpaired) electrons. The van der Waals surface area contributed by atoms with Crippen molar-refractivity contribution in [1.82, 2.24) is 25.3 Å². The van der Waals surface area contributed by atoms with Crippen LogP contribution in [0.3, 0.4) is 0 Å². The number of ether oxygens (including phenoxy) is 2. The van der Waals surface area contributed by atoms with Crippen molar-refractivity contribution in [2.24, 2.45) is 0 Å². The van der Waals surface area contributed by atoms with Gasteiger partial charge in [0.15, 0.2) is 11.6 Å². The molecule has 4 aromatic rings. The summed E-state index contributed by atoms with van der Waals surface area (Å²) in [6.07, 6.45) is 3.30. The Morgan fingerprint density at radius 3 is 2.65 bits per heavy atom. The SMILES string of the molecule is COCC(=O)N[C@@H](C)CNc1nccc(-c2[nH]c(-c3ccc(F)cc3)cc2-c2cnc(N)c(OC)c2)n1. The fourth-order valence-electron chi connectivity index (χ4n) is 3.76. The highest BCUT2D eigenvalue weighted by atomic mass is 19.1. The first-order valence-corrected chi connectivity index (χ1v) is 11.5. The molecule has 0 bridgehead atoms. The molecule has 37 heavy (non-hydrogen) atoms. The van der Waals surface area contributed by atoms with Crippen LogP contribution in [0.1, 0.15) is 6.92 Å². The molecule has 10 nitrogen and oxygen atoms in total. The van der Waals surface area contributed by atoms with Crippen LogP contribution in [-0.2, 0) is 9.53 Å². The van der Waals surface area contributed by atoms with Crippen LogP contribution < -0.4 is 21.1 Å². The van der Waals surface area contributed by atoms with Gasteiger partial charge in [0.05, 0.1) is 18.5 Å². The molecule has 0 saturated carbocycles. The van der Waals surface area contributed by atoms with Crippen molar-refractivity contribution < 1.29 is 18.7 Å². The van der Waals surface area contributed by atoms with E-state index in [9.17, 15) is 9.18 Å². The highest BCUT2D eigenvalue weighted by molar-refractivity contribution is 5.85. The number of nitrogens with two attached hydrogens (primary N) is 1. The predicted octanol–water partition coefficient (Wildman–Crippen LogP) is 3.49. The maximum absolute atomic E-state index is 13.5. The van der Waals surface area contributed by atoms with Crippen LogP contribution in [0, 0.1) is 5.82 Å². The topological polar surface area (TPSA) is 140 Å². The number of amides is 1. The van der Waals surface area contributed by atoms with Gasteiger partial charge in [-0.05, 0) is 55.0 Å². The van der Waals surface area contributed by atoms with Crippen molar-refractivity contribution in [1.29, 1.82) is 0 Å². The number of carbonyl (C=O) groups is 1. The number of nitrogen functional groups attached to an aromatic ring is 1. The van der Waals surface area contributed by atoms with E-state index < -0.39 is 0 Å². The molecule has 5 N–H and O–H groups in total. The number of rotatable bonds is 10. The number of pyridine rings is 1. The monoisotopic (exact) mass is 505 g/mol. The number of hydrogen-bond acceptors (Lipinski definition) is 8. The molecule has 4 rings (SSSR count). The highest BCUT2D eigenvalue weighted by Crippen LogP contribution is 2.37. The lowest BCUT2D eigenvalue weighted by atomic mass is 10.0. The van der Waals surface area contributed by atoms with Crippen LogP contribution in [0.5, 0.6) is 5.75 Å². The zero-order valence-electron chi connectivity index (χ0n) is 20.7. The van der Waals surface area contributed by atoms with Gasteiger partial charge < -0.3 is 30.8 Å². The number of methoxy groups -OCH3 is 2. The number of anilines is 2. The van der Waals surface area contributed by atoms with Gasteiger partial charge >= 0.3 is 0 Å². The van der Waals surface area contributed by atoms with Gasteiger partial charge in [-0.15, -0.1) is 0 Å². The summed E-state index contributed by atoms with van der Waals surface area (Å²) in [7, 11) is 2.99. The van der Waals surface area contributed by atoms with Crippen molar-refractivity contribution in [2.75, 3.05) is 38.4 Å². The summed E-state index contributed by atoms with van der Waals surface area (Å²) in [6.45, 7) is 2.27. The maximum Gasteiger partial charge on any atom is 0.246 e. The first-order valence-electron chi connectivity index (χ1n) is 11.5. The van der Waals surface area contributed by atoms with Crippen LogP contribution in [-0.4, -0.2) is 59.3 Å². The first-order chi connectivity index (χ1) is 17.9. The Morgan fingerprint density at radius 2 is 1.92 bits per heavy atom. The standard InChI is InChI=1S/C26H28FN7O3/c1-15(32-23(35)14-36-2)12-31-26-29-9-8-20(34-26)24-19(17-10-22(37-3)25(28)30-13-17)11-21(33-24)16-4-6-18(27)7-5-16/h4-11,13,15,33H,12,14H2,1-3H3,(H2,28,30)(H,32,35)(H,29,31,34)/t15-/m0/s1. The van der Waals surface area contributed by atoms with Crippen molar-refractivity contribution in [2.45, 2.75) is 13.0 Å². The minimum Gasteiger partial charge on any atom is -0.493 e. The molecule has 1 amide bonds. The minimum atomic E-state index is -0.317. The molecule has 0 aliphatic heterocycles. The van der Waals surface area contributed by atoms with E-state index in [2.05, 4.69) is 30.6 Å². The molecule has 0 aliphatic rings. The van der Waals surface area contributed by atoms with E-state index in [-0.39, 0.29) is 30.2 Å². The Bertz CT molecular complexity index is 1380. The number of carbonyl (C=O) groups excluding carboxylic acids is 1. The van der Waals surface area contributed by atoms with E-state index >= 15 is 0 Å². The second kappa shape index (κ2) is 11.5. The molecule has 1 aromatic carbocycles. The van der Waals surface area contributed by atoms with E-state index in [0.29, 0.717) is 29.6 Å². The molecular weight excluding hydrogens is 477 g/mol. The van der Waals surface area contributed by atoms with Gasteiger partial charge in [-0.25, -0.2) is 19.3 Å². The van der Waals surface area contributed by atoms with Crippen LogP contribution in [0.15, 0.2) is 54.9 Å². The fraction of sp³-hybridized carbons (Fsp3) is 0.231. The zero-order chi connectivity index (χ0) is 26.4. The normalized spacial score (nSPS) is 11.7. The summed E-state index contributed by atoms with van der Waals surface area (Å²) in [4.78, 5) is 28.4. The lowest BCUT2D eigenvalue weighted by Crippen LogP contribution is -2.39. The van der Waals surface area contributed by atoms with E-state index in [1.54, 1.807) is 36.7 Å². The molecule has 0 fully saturated rings.